The maximum atomic E-state index is 5.32. The van der Waals surface area contributed by atoms with Gasteiger partial charge in [0.1, 0.15) is 5.82 Å². The summed E-state index contributed by atoms with van der Waals surface area (Å²) >= 11 is 0. The Labute approximate surface area is 97.2 Å². The van der Waals surface area contributed by atoms with E-state index < -0.39 is 0 Å². The lowest BCUT2D eigenvalue weighted by atomic mass is 10.3. The van der Waals surface area contributed by atoms with Gasteiger partial charge in [-0.15, -0.1) is 0 Å². The SMILES string of the molecule is CN(C)CCCN(C)c1ccnc(NN)c1. The Morgan fingerprint density at radius 2 is 2.06 bits per heavy atom. The van der Waals surface area contributed by atoms with Gasteiger partial charge in [-0.3, -0.25) is 0 Å². The van der Waals surface area contributed by atoms with Crippen LogP contribution in [0.2, 0.25) is 0 Å². The number of nitrogens with one attached hydrogen (secondary N) is 1. The molecule has 0 unspecified atom stereocenters. The van der Waals surface area contributed by atoms with Gasteiger partial charge in [-0.05, 0) is 33.1 Å². The van der Waals surface area contributed by atoms with E-state index in [4.69, 9.17) is 5.84 Å². The molecule has 90 valence electrons. The van der Waals surface area contributed by atoms with Crippen LogP contribution in [0.4, 0.5) is 11.5 Å². The number of hydrogen-bond acceptors (Lipinski definition) is 5. The van der Waals surface area contributed by atoms with E-state index in [1.165, 1.54) is 0 Å². The van der Waals surface area contributed by atoms with Gasteiger partial charge in [0.05, 0.1) is 0 Å². The maximum Gasteiger partial charge on any atom is 0.141 e. The normalized spacial score (nSPS) is 10.6. The van der Waals surface area contributed by atoms with Crippen molar-refractivity contribution in [3.63, 3.8) is 0 Å². The first-order valence-electron chi connectivity index (χ1n) is 5.42. The summed E-state index contributed by atoms with van der Waals surface area (Å²) in [6, 6.07) is 3.92. The largest absolute Gasteiger partial charge is 0.374 e. The Kier molecular flexibility index (Phi) is 5.01. The van der Waals surface area contributed by atoms with Crippen molar-refractivity contribution in [2.75, 3.05) is 44.6 Å². The first-order chi connectivity index (χ1) is 7.63. The highest BCUT2D eigenvalue weighted by atomic mass is 15.2. The predicted octanol–water partition coefficient (Wildman–Crippen LogP) is 0.755. The molecule has 0 aliphatic rings. The summed E-state index contributed by atoms with van der Waals surface area (Å²) in [5.74, 6) is 6.01. The molecule has 0 saturated heterocycles. The number of aromatic nitrogens is 1. The van der Waals surface area contributed by atoms with Crippen LogP contribution in [0.3, 0.4) is 0 Å². The molecule has 16 heavy (non-hydrogen) atoms. The van der Waals surface area contributed by atoms with Gasteiger partial charge in [-0.25, -0.2) is 10.8 Å². The molecule has 1 aromatic heterocycles. The Morgan fingerprint density at radius 1 is 1.31 bits per heavy atom. The summed E-state index contributed by atoms with van der Waals surface area (Å²) in [7, 11) is 6.25. The van der Waals surface area contributed by atoms with Gasteiger partial charge in [0.15, 0.2) is 0 Å². The van der Waals surface area contributed by atoms with E-state index in [2.05, 4.69) is 41.4 Å². The molecular weight excluding hydrogens is 202 g/mol. The van der Waals surface area contributed by atoms with Gasteiger partial charge >= 0.3 is 0 Å². The molecular formula is C11H21N5. The number of nitrogens with zero attached hydrogens (tertiary/aromatic N) is 3. The molecule has 1 aromatic rings. The van der Waals surface area contributed by atoms with Crippen LogP contribution in [-0.4, -0.2) is 44.1 Å². The molecule has 0 bridgehead atoms. The van der Waals surface area contributed by atoms with Crippen LogP contribution in [0.5, 0.6) is 0 Å². The van der Waals surface area contributed by atoms with Crippen LogP contribution in [-0.2, 0) is 0 Å². The minimum absolute atomic E-state index is 0.692. The summed E-state index contributed by atoms with van der Waals surface area (Å²) in [5, 5.41) is 0. The van der Waals surface area contributed by atoms with E-state index in [0.717, 1.165) is 25.2 Å². The Balaban J connectivity index is 2.48. The van der Waals surface area contributed by atoms with Crippen LogP contribution < -0.4 is 16.2 Å². The lowest BCUT2D eigenvalue weighted by molar-refractivity contribution is 0.401. The molecule has 5 nitrogen and oxygen atoms in total. The van der Waals surface area contributed by atoms with Crippen LogP contribution in [0.1, 0.15) is 6.42 Å². The molecule has 0 aromatic carbocycles. The summed E-state index contributed by atoms with van der Waals surface area (Å²) in [6.45, 7) is 2.11. The average molecular weight is 223 g/mol. The van der Waals surface area contributed by atoms with Crippen molar-refractivity contribution in [1.82, 2.24) is 9.88 Å². The van der Waals surface area contributed by atoms with E-state index in [9.17, 15) is 0 Å². The summed E-state index contributed by atoms with van der Waals surface area (Å²) in [5.41, 5.74) is 3.68. The van der Waals surface area contributed by atoms with Crippen molar-refractivity contribution in [1.29, 1.82) is 0 Å². The van der Waals surface area contributed by atoms with Gasteiger partial charge in [-0.1, -0.05) is 0 Å². The molecule has 0 amide bonds. The number of nitrogens with two attached hydrogens (primary N) is 1. The minimum Gasteiger partial charge on any atom is -0.374 e. The van der Waals surface area contributed by atoms with Crippen LogP contribution in [0.15, 0.2) is 18.3 Å². The fourth-order valence-electron chi connectivity index (χ4n) is 1.49. The second-order valence-electron chi connectivity index (χ2n) is 4.12. The fraction of sp³-hybridized carbons (Fsp3) is 0.545. The van der Waals surface area contributed by atoms with E-state index in [1.807, 2.05) is 12.1 Å². The van der Waals surface area contributed by atoms with Gasteiger partial charge in [0, 0.05) is 31.5 Å². The molecule has 0 aliphatic carbocycles. The Bertz CT molecular complexity index is 313. The predicted molar refractivity (Wildman–Crippen MR) is 68.5 cm³/mol. The highest BCUT2D eigenvalue weighted by Gasteiger charge is 2.02. The van der Waals surface area contributed by atoms with Gasteiger partial charge in [-0.2, -0.15) is 0 Å². The molecule has 0 atom stereocenters. The second kappa shape index (κ2) is 6.30. The minimum atomic E-state index is 0.692. The lowest BCUT2D eigenvalue weighted by Gasteiger charge is -2.20. The first kappa shape index (κ1) is 12.7. The standard InChI is InChI=1S/C11H21N5/c1-15(2)7-4-8-16(3)10-5-6-13-11(9-10)14-12/h5-6,9H,4,7-8,12H2,1-3H3,(H,13,14). The van der Waals surface area contributed by atoms with Gasteiger partial charge in [0.25, 0.3) is 0 Å². The van der Waals surface area contributed by atoms with Crippen molar-refractivity contribution in [3.05, 3.63) is 18.3 Å². The van der Waals surface area contributed by atoms with Crippen molar-refractivity contribution in [2.45, 2.75) is 6.42 Å². The highest BCUT2D eigenvalue weighted by molar-refractivity contribution is 5.52. The smallest absolute Gasteiger partial charge is 0.141 e. The molecule has 1 rings (SSSR count). The zero-order chi connectivity index (χ0) is 12.0. The molecule has 3 N–H and O–H groups in total. The van der Waals surface area contributed by atoms with Crippen molar-refractivity contribution >= 4 is 11.5 Å². The van der Waals surface area contributed by atoms with Gasteiger partial charge in [0.2, 0.25) is 0 Å². The number of hydrazine groups is 1. The first-order valence-corrected chi connectivity index (χ1v) is 5.42. The summed E-state index contributed by atoms with van der Waals surface area (Å²) in [4.78, 5) is 8.47. The third-order valence-electron chi connectivity index (χ3n) is 2.43. The summed E-state index contributed by atoms with van der Waals surface area (Å²) < 4.78 is 0. The van der Waals surface area contributed by atoms with Gasteiger partial charge < -0.3 is 15.2 Å². The zero-order valence-corrected chi connectivity index (χ0v) is 10.3. The van der Waals surface area contributed by atoms with E-state index in [1.54, 1.807) is 6.20 Å². The number of anilines is 2. The third-order valence-corrected chi connectivity index (χ3v) is 2.43. The second-order valence-corrected chi connectivity index (χ2v) is 4.12. The van der Waals surface area contributed by atoms with Crippen molar-refractivity contribution < 1.29 is 0 Å². The monoisotopic (exact) mass is 223 g/mol. The fourth-order valence-corrected chi connectivity index (χ4v) is 1.49. The Hall–Kier alpha value is -1.33. The lowest BCUT2D eigenvalue weighted by Crippen LogP contribution is -2.23. The molecule has 5 heteroatoms. The van der Waals surface area contributed by atoms with Crippen LogP contribution >= 0.6 is 0 Å². The highest BCUT2D eigenvalue weighted by Crippen LogP contribution is 2.15. The van der Waals surface area contributed by atoms with Crippen molar-refractivity contribution in [2.24, 2.45) is 5.84 Å². The molecule has 0 fully saturated rings. The quantitative estimate of drug-likeness (QED) is 0.550. The molecule has 0 saturated carbocycles. The third kappa shape index (κ3) is 4.04. The molecule has 0 aliphatic heterocycles. The number of hydrogen-bond donors (Lipinski definition) is 2. The Morgan fingerprint density at radius 3 is 2.69 bits per heavy atom. The van der Waals surface area contributed by atoms with E-state index in [-0.39, 0.29) is 0 Å². The number of pyridine rings is 1. The maximum absolute atomic E-state index is 5.32. The zero-order valence-electron chi connectivity index (χ0n) is 10.3. The number of nitrogen functional groups attached to an aromatic ring is 1. The summed E-state index contributed by atoms with van der Waals surface area (Å²) in [6.07, 6.45) is 2.89. The van der Waals surface area contributed by atoms with Crippen LogP contribution in [0, 0.1) is 0 Å². The van der Waals surface area contributed by atoms with E-state index in [0.29, 0.717) is 5.82 Å². The van der Waals surface area contributed by atoms with E-state index >= 15 is 0 Å². The molecule has 0 radical (unpaired) electrons. The molecule has 0 spiro atoms. The average Bonchev–Trinajstić information content (AvgIpc) is 2.28. The molecule has 1 heterocycles. The van der Waals surface area contributed by atoms with Crippen molar-refractivity contribution in [3.8, 4) is 0 Å². The van der Waals surface area contributed by atoms with Crippen LogP contribution in [0.25, 0.3) is 0 Å². The number of rotatable bonds is 6. The topological polar surface area (TPSA) is 57.4 Å².